The Morgan fingerprint density at radius 2 is 2.13 bits per heavy atom. The summed E-state index contributed by atoms with van der Waals surface area (Å²) in [6.07, 6.45) is -0.525. The van der Waals surface area contributed by atoms with E-state index in [0.29, 0.717) is 30.2 Å². The number of amides is 1. The van der Waals surface area contributed by atoms with Gasteiger partial charge in [0.2, 0.25) is 0 Å². The second-order valence-electron chi connectivity index (χ2n) is 4.98. The van der Waals surface area contributed by atoms with Gasteiger partial charge in [0.1, 0.15) is 0 Å². The van der Waals surface area contributed by atoms with Gasteiger partial charge in [0.15, 0.2) is 16.2 Å². The minimum atomic E-state index is -1.37. The molecule has 1 unspecified atom stereocenters. The van der Waals surface area contributed by atoms with Crippen molar-refractivity contribution in [3.63, 3.8) is 0 Å². The first-order valence-corrected chi connectivity index (χ1v) is 7.30. The van der Waals surface area contributed by atoms with Crippen LogP contribution in [0.15, 0.2) is 17.1 Å². The molecule has 0 saturated heterocycles. The molecule has 122 valence electrons. The standard InChI is InChI=1S/C15H17N3O4S/c1-21-11-5-9-3-4-17-13(10(9)6-12(11)22-2)15(23,7-16)8-18-14(19)20/h5-6,18,23H,3-4,8H2,1-2H3,(H,19,20). The van der Waals surface area contributed by atoms with Gasteiger partial charge >= 0.3 is 6.09 Å². The van der Waals surface area contributed by atoms with Crippen LogP contribution in [0.3, 0.4) is 0 Å². The lowest BCUT2D eigenvalue weighted by atomic mass is 9.89. The number of benzene rings is 1. The van der Waals surface area contributed by atoms with Gasteiger partial charge in [-0.3, -0.25) is 4.99 Å². The lowest BCUT2D eigenvalue weighted by molar-refractivity contribution is 0.194. The third kappa shape index (κ3) is 3.35. The largest absolute Gasteiger partial charge is 0.493 e. The lowest BCUT2D eigenvalue weighted by Gasteiger charge is -2.28. The van der Waals surface area contributed by atoms with Gasteiger partial charge in [0.25, 0.3) is 0 Å². The first-order chi connectivity index (χ1) is 10.9. The number of ether oxygens (including phenoxy) is 2. The van der Waals surface area contributed by atoms with Crippen LogP contribution in [0.5, 0.6) is 11.5 Å². The van der Waals surface area contributed by atoms with Crippen molar-refractivity contribution in [2.75, 3.05) is 27.3 Å². The zero-order valence-electron chi connectivity index (χ0n) is 12.8. The summed E-state index contributed by atoms with van der Waals surface area (Å²) in [6, 6.07) is 5.64. The number of aliphatic imine (C=N–C) groups is 1. The first kappa shape index (κ1) is 17.0. The van der Waals surface area contributed by atoms with Crippen molar-refractivity contribution in [2.45, 2.75) is 11.2 Å². The number of nitrogens with zero attached hydrogens (tertiary/aromatic N) is 2. The van der Waals surface area contributed by atoms with Crippen molar-refractivity contribution in [1.82, 2.24) is 5.32 Å². The summed E-state index contributed by atoms with van der Waals surface area (Å²) in [5, 5.41) is 20.5. The van der Waals surface area contributed by atoms with Crippen LogP contribution in [-0.4, -0.2) is 49.0 Å². The Hall–Kier alpha value is -2.40. The van der Waals surface area contributed by atoms with E-state index >= 15 is 0 Å². The minimum Gasteiger partial charge on any atom is -0.493 e. The molecule has 0 saturated carbocycles. The van der Waals surface area contributed by atoms with Gasteiger partial charge in [-0.15, -0.1) is 12.6 Å². The molecule has 2 N–H and O–H groups in total. The van der Waals surface area contributed by atoms with E-state index < -0.39 is 10.8 Å². The van der Waals surface area contributed by atoms with E-state index in [1.54, 1.807) is 13.2 Å². The second-order valence-corrected chi connectivity index (χ2v) is 5.74. The van der Waals surface area contributed by atoms with Crippen LogP contribution in [0.2, 0.25) is 0 Å². The van der Waals surface area contributed by atoms with Crippen molar-refractivity contribution in [2.24, 2.45) is 4.99 Å². The highest BCUT2D eigenvalue weighted by atomic mass is 32.1. The van der Waals surface area contributed by atoms with E-state index in [9.17, 15) is 10.1 Å². The van der Waals surface area contributed by atoms with E-state index in [2.05, 4.69) is 22.9 Å². The topological polar surface area (TPSA) is 104 Å². The molecule has 1 aliphatic heterocycles. The number of fused-ring (bicyclic) bond motifs is 1. The maximum absolute atomic E-state index is 10.7. The number of carbonyl (C=O) groups is 1. The van der Waals surface area contributed by atoms with E-state index in [4.69, 9.17) is 14.6 Å². The quantitative estimate of drug-likeness (QED) is 0.708. The summed E-state index contributed by atoms with van der Waals surface area (Å²) < 4.78 is 9.22. The number of rotatable bonds is 5. The number of nitriles is 1. The molecular formula is C15H17N3O4S. The highest BCUT2D eigenvalue weighted by Crippen LogP contribution is 2.35. The SMILES string of the molecule is COc1cc2c(cc1OC)C(C(S)(C#N)CNC(=O)O)=NCC2. The van der Waals surface area contributed by atoms with Crippen molar-refractivity contribution in [3.05, 3.63) is 23.3 Å². The van der Waals surface area contributed by atoms with Crippen LogP contribution in [0, 0.1) is 11.3 Å². The molecule has 1 heterocycles. The molecular weight excluding hydrogens is 318 g/mol. The van der Waals surface area contributed by atoms with Gasteiger partial charge in [-0.25, -0.2) is 4.79 Å². The molecule has 1 aliphatic rings. The maximum Gasteiger partial charge on any atom is 0.404 e. The van der Waals surface area contributed by atoms with Crippen LogP contribution >= 0.6 is 12.6 Å². The molecule has 8 heteroatoms. The molecule has 0 bridgehead atoms. The summed E-state index contributed by atoms with van der Waals surface area (Å²) in [4.78, 5) is 15.2. The molecule has 1 aromatic rings. The van der Waals surface area contributed by atoms with Gasteiger partial charge < -0.3 is 19.9 Å². The highest BCUT2D eigenvalue weighted by molar-refractivity contribution is 7.83. The molecule has 1 amide bonds. The fraction of sp³-hybridized carbons (Fsp3) is 0.400. The molecule has 1 atom stereocenters. The predicted molar refractivity (Wildman–Crippen MR) is 88.0 cm³/mol. The Labute approximate surface area is 139 Å². The van der Waals surface area contributed by atoms with Crippen LogP contribution in [0.4, 0.5) is 4.79 Å². The first-order valence-electron chi connectivity index (χ1n) is 6.85. The smallest absolute Gasteiger partial charge is 0.404 e. The summed E-state index contributed by atoms with van der Waals surface area (Å²) in [7, 11) is 3.07. The number of carboxylic acid groups (broad SMARTS) is 1. The normalized spacial score (nSPS) is 15.5. The third-order valence-electron chi connectivity index (χ3n) is 3.59. The second kappa shape index (κ2) is 6.79. The van der Waals surface area contributed by atoms with Gasteiger partial charge in [0, 0.05) is 12.1 Å². The van der Waals surface area contributed by atoms with Crippen LogP contribution in [0.1, 0.15) is 11.1 Å². The van der Waals surface area contributed by atoms with Crippen LogP contribution in [-0.2, 0) is 6.42 Å². The third-order valence-corrected chi connectivity index (χ3v) is 4.06. The van der Waals surface area contributed by atoms with Crippen molar-refractivity contribution in [3.8, 4) is 17.6 Å². The predicted octanol–water partition coefficient (Wildman–Crippen LogP) is 1.51. The summed E-state index contributed by atoms with van der Waals surface area (Å²) in [5.74, 6) is 1.11. The monoisotopic (exact) mass is 335 g/mol. The fourth-order valence-corrected chi connectivity index (χ4v) is 2.73. The minimum absolute atomic E-state index is 0.172. The molecule has 23 heavy (non-hydrogen) atoms. The highest BCUT2D eigenvalue weighted by Gasteiger charge is 2.36. The Balaban J connectivity index is 2.48. The van der Waals surface area contributed by atoms with Gasteiger partial charge in [-0.2, -0.15) is 5.26 Å². The van der Waals surface area contributed by atoms with Crippen LogP contribution < -0.4 is 14.8 Å². The average Bonchev–Trinajstić information content (AvgIpc) is 2.57. The summed E-state index contributed by atoms with van der Waals surface area (Å²) in [6.45, 7) is 0.323. The van der Waals surface area contributed by atoms with E-state index in [1.807, 2.05) is 12.1 Å². The zero-order valence-corrected chi connectivity index (χ0v) is 13.7. The Kier molecular flexibility index (Phi) is 5.01. The Morgan fingerprint density at radius 1 is 1.48 bits per heavy atom. The zero-order chi connectivity index (χ0) is 17.0. The molecule has 1 aromatic carbocycles. The number of nitrogens with one attached hydrogen (secondary N) is 1. The van der Waals surface area contributed by atoms with Gasteiger partial charge in [-0.05, 0) is 24.1 Å². The number of thiol groups is 1. The number of hydrogen-bond acceptors (Lipinski definition) is 6. The van der Waals surface area contributed by atoms with E-state index in [0.717, 1.165) is 11.1 Å². The van der Waals surface area contributed by atoms with Gasteiger partial charge in [0.05, 0.1) is 32.5 Å². The molecule has 0 aromatic heterocycles. The van der Waals surface area contributed by atoms with Crippen LogP contribution in [0.25, 0.3) is 0 Å². The van der Waals surface area contributed by atoms with Crippen molar-refractivity contribution >= 4 is 24.4 Å². The molecule has 0 fully saturated rings. The maximum atomic E-state index is 10.7. The summed E-state index contributed by atoms with van der Waals surface area (Å²) in [5.41, 5.74) is 2.11. The molecule has 0 spiro atoms. The van der Waals surface area contributed by atoms with Gasteiger partial charge in [-0.1, -0.05) is 0 Å². The molecule has 0 aliphatic carbocycles. The summed E-state index contributed by atoms with van der Waals surface area (Å²) >= 11 is 4.38. The molecule has 0 radical (unpaired) electrons. The number of hydrogen-bond donors (Lipinski definition) is 3. The fourth-order valence-electron chi connectivity index (χ4n) is 2.45. The van der Waals surface area contributed by atoms with Crippen molar-refractivity contribution in [1.29, 1.82) is 5.26 Å². The Morgan fingerprint density at radius 3 is 2.70 bits per heavy atom. The Bertz CT molecular complexity index is 699. The van der Waals surface area contributed by atoms with E-state index in [1.165, 1.54) is 7.11 Å². The molecule has 2 rings (SSSR count). The van der Waals surface area contributed by atoms with Crippen molar-refractivity contribution < 1.29 is 19.4 Å². The van der Waals surface area contributed by atoms with E-state index in [-0.39, 0.29) is 6.54 Å². The number of methoxy groups -OCH3 is 2. The average molecular weight is 335 g/mol. The molecule has 7 nitrogen and oxygen atoms in total. The lowest BCUT2D eigenvalue weighted by Crippen LogP contribution is -2.45.